The molecule has 2 amide bonds. The van der Waals surface area contributed by atoms with E-state index in [1.54, 1.807) is 0 Å². The van der Waals surface area contributed by atoms with Gasteiger partial charge in [0, 0.05) is 55.8 Å². The van der Waals surface area contributed by atoms with Gasteiger partial charge in [0.25, 0.3) is 5.91 Å². The van der Waals surface area contributed by atoms with E-state index in [0.29, 0.717) is 31.0 Å². The van der Waals surface area contributed by atoms with E-state index in [9.17, 15) is 9.59 Å². The molecule has 2 aromatic carbocycles. The fourth-order valence-electron chi connectivity index (χ4n) is 4.92. The maximum atomic E-state index is 13.4. The van der Waals surface area contributed by atoms with Crippen LogP contribution in [0, 0.1) is 6.92 Å². The van der Waals surface area contributed by atoms with E-state index in [4.69, 9.17) is 9.72 Å². The van der Waals surface area contributed by atoms with Crippen LogP contribution in [0.3, 0.4) is 0 Å². The van der Waals surface area contributed by atoms with Crippen LogP contribution >= 0.6 is 0 Å². The summed E-state index contributed by atoms with van der Waals surface area (Å²) < 4.78 is 5.96. The minimum Gasteiger partial charge on any atom is -0.439 e. The number of aryl methyl sites for hydroxylation is 1. The summed E-state index contributed by atoms with van der Waals surface area (Å²) in [6, 6.07) is 21.5. The number of rotatable bonds is 6. The van der Waals surface area contributed by atoms with Crippen LogP contribution in [0.4, 0.5) is 0 Å². The van der Waals surface area contributed by atoms with Crippen molar-refractivity contribution in [2.24, 2.45) is 0 Å². The van der Waals surface area contributed by atoms with Gasteiger partial charge in [-0.2, -0.15) is 0 Å². The lowest BCUT2D eigenvalue weighted by Crippen LogP contribution is -2.39. The highest BCUT2D eigenvalue weighted by molar-refractivity contribution is 5.94. The van der Waals surface area contributed by atoms with Gasteiger partial charge in [-0.05, 0) is 62.1 Å². The summed E-state index contributed by atoms with van der Waals surface area (Å²) in [4.78, 5) is 33.9. The maximum absolute atomic E-state index is 13.4. The van der Waals surface area contributed by atoms with Gasteiger partial charge in [-0.15, -0.1) is 0 Å². The van der Waals surface area contributed by atoms with Crippen LogP contribution in [0.25, 0.3) is 0 Å². The first-order valence-corrected chi connectivity index (χ1v) is 12.4. The van der Waals surface area contributed by atoms with Crippen molar-refractivity contribution in [3.63, 3.8) is 0 Å². The summed E-state index contributed by atoms with van der Waals surface area (Å²) >= 11 is 0. The molecule has 0 saturated carbocycles. The monoisotopic (exact) mass is 469 g/mol. The second-order valence-electron chi connectivity index (χ2n) is 9.53. The summed E-state index contributed by atoms with van der Waals surface area (Å²) in [6.45, 7) is 4.78. The van der Waals surface area contributed by atoms with E-state index in [1.165, 1.54) is 5.56 Å². The fraction of sp³-hybridized carbons (Fsp3) is 0.345. The zero-order chi connectivity index (χ0) is 24.2. The highest BCUT2D eigenvalue weighted by atomic mass is 16.5. The van der Waals surface area contributed by atoms with Gasteiger partial charge in [-0.3, -0.25) is 9.59 Å². The van der Waals surface area contributed by atoms with Gasteiger partial charge < -0.3 is 14.5 Å². The molecular weight excluding hydrogens is 438 g/mol. The van der Waals surface area contributed by atoms with Gasteiger partial charge >= 0.3 is 0 Å². The number of hydrogen-bond donors (Lipinski definition) is 0. The second kappa shape index (κ2) is 10.3. The van der Waals surface area contributed by atoms with Crippen molar-refractivity contribution in [1.82, 2.24) is 14.8 Å². The second-order valence-corrected chi connectivity index (χ2v) is 9.53. The summed E-state index contributed by atoms with van der Waals surface area (Å²) in [5.41, 5.74) is 3.82. The number of benzene rings is 2. The fourth-order valence-corrected chi connectivity index (χ4v) is 4.92. The lowest BCUT2D eigenvalue weighted by atomic mass is 9.93. The van der Waals surface area contributed by atoms with Gasteiger partial charge in [0.15, 0.2) is 0 Å². The van der Waals surface area contributed by atoms with Crippen molar-refractivity contribution < 1.29 is 14.3 Å². The maximum Gasteiger partial charge on any atom is 0.253 e. The summed E-state index contributed by atoms with van der Waals surface area (Å²) in [7, 11) is 0. The number of hydrogen-bond acceptors (Lipinski definition) is 4. The number of pyridine rings is 1. The Bertz CT molecular complexity index is 1210. The Balaban J connectivity index is 1.26. The predicted molar refractivity (Wildman–Crippen MR) is 134 cm³/mol. The van der Waals surface area contributed by atoms with E-state index in [1.807, 2.05) is 83.5 Å². The zero-order valence-corrected chi connectivity index (χ0v) is 20.2. The molecule has 2 aliphatic heterocycles. The van der Waals surface area contributed by atoms with E-state index in [0.717, 1.165) is 49.4 Å². The molecule has 1 aromatic heterocycles. The van der Waals surface area contributed by atoms with Gasteiger partial charge in [0.1, 0.15) is 5.75 Å². The quantitative estimate of drug-likeness (QED) is 0.490. The number of carbonyl (C=O) groups is 2. The highest BCUT2D eigenvalue weighted by Gasteiger charge is 2.27. The zero-order valence-electron chi connectivity index (χ0n) is 20.2. The van der Waals surface area contributed by atoms with Crippen LogP contribution in [0.2, 0.25) is 0 Å². The molecule has 0 radical (unpaired) electrons. The normalized spacial score (nSPS) is 18.1. The van der Waals surface area contributed by atoms with Crippen LogP contribution in [-0.4, -0.2) is 46.2 Å². The van der Waals surface area contributed by atoms with Gasteiger partial charge in [0.05, 0.1) is 0 Å². The van der Waals surface area contributed by atoms with Gasteiger partial charge in [-0.1, -0.05) is 35.9 Å². The van der Waals surface area contributed by atoms with Crippen molar-refractivity contribution in [2.75, 3.05) is 19.6 Å². The molecule has 1 atom stereocenters. The minimum atomic E-state index is 0.0383. The molecule has 180 valence electrons. The largest absolute Gasteiger partial charge is 0.439 e. The standard InChI is InChI=1S/C29H31N3O3/c1-21-12-14-25(15-13-21)35-27-10-3-9-26(30-27)24-8-4-17-32(20-24)29(34)23-7-2-6-22(18-23)19-31-16-5-11-28(31)33/h2-3,6-7,9-10,12-15,18,24H,4-5,8,11,16-17,19-20H2,1H3. The molecule has 0 N–H and O–H groups in total. The van der Waals surface area contributed by atoms with Crippen molar-refractivity contribution in [2.45, 2.75) is 45.1 Å². The molecule has 3 aromatic rings. The van der Waals surface area contributed by atoms with Crippen LogP contribution in [-0.2, 0) is 11.3 Å². The number of likely N-dealkylation sites (tertiary alicyclic amines) is 2. The molecule has 6 heteroatoms. The number of piperidine rings is 1. The average Bonchev–Trinajstić information content (AvgIpc) is 3.29. The Morgan fingerprint density at radius 3 is 2.66 bits per heavy atom. The minimum absolute atomic E-state index is 0.0383. The molecule has 0 spiro atoms. The van der Waals surface area contributed by atoms with Crippen molar-refractivity contribution in [3.8, 4) is 11.6 Å². The number of ether oxygens (including phenoxy) is 1. The smallest absolute Gasteiger partial charge is 0.253 e. The lowest BCUT2D eigenvalue weighted by molar-refractivity contribution is -0.128. The van der Waals surface area contributed by atoms with Gasteiger partial charge in [-0.25, -0.2) is 4.98 Å². The molecule has 2 saturated heterocycles. The molecule has 2 aliphatic rings. The highest BCUT2D eigenvalue weighted by Crippen LogP contribution is 2.29. The molecule has 0 aliphatic carbocycles. The van der Waals surface area contributed by atoms with Crippen LogP contribution in [0.1, 0.15) is 58.8 Å². The summed E-state index contributed by atoms with van der Waals surface area (Å²) in [6.07, 6.45) is 3.46. The number of amides is 2. The molecule has 35 heavy (non-hydrogen) atoms. The first-order valence-electron chi connectivity index (χ1n) is 12.4. The Hall–Kier alpha value is -3.67. The lowest BCUT2D eigenvalue weighted by Gasteiger charge is -2.32. The summed E-state index contributed by atoms with van der Waals surface area (Å²) in [5, 5.41) is 0. The molecular formula is C29H31N3O3. The Morgan fingerprint density at radius 1 is 1.03 bits per heavy atom. The Kier molecular flexibility index (Phi) is 6.80. The average molecular weight is 470 g/mol. The van der Waals surface area contributed by atoms with Crippen molar-refractivity contribution in [1.29, 1.82) is 0 Å². The molecule has 0 bridgehead atoms. The molecule has 2 fully saturated rings. The topological polar surface area (TPSA) is 62.7 Å². The number of carbonyl (C=O) groups excluding carboxylic acids is 2. The van der Waals surface area contributed by atoms with Gasteiger partial charge in [0.2, 0.25) is 11.8 Å². The number of aromatic nitrogens is 1. The van der Waals surface area contributed by atoms with E-state index >= 15 is 0 Å². The van der Waals surface area contributed by atoms with Crippen LogP contribution < -0.4 is 4.74 Å². The van der Waals surface area contributed by atoms with Crippen molar-refractivity contribution >= 4 is 11.8 Å². The third kappa shape index (κ3) is 5.53. The number of nitrogens with zero attached hydrogens (tertiary/aromatic N) is 3. The molecule has 5 rings (SSSR count). The molecule has 3 heterocycles. The first-order chi connectivity index (χ1) is 17.0. The third-order valence-electron chi connectivity index (χ3n) is 6.83. The van der Waals surface area contributed by atoms with E-state index in [2.05, 4.69) is 0 Å². The SMILES string of the molecule is Cc1ccc(Oc2cccc(C3CCCN(C(=O)c4cccc(CN5CCCC5=O)c4)C3)n2)cc1. The predicted octanol–water partition coefficient (Wildman–Crippen LogP) is 5.32. The molecule has 6 nitrogen and oxygen atoms in total. The van der Waals surface area contributed by atoms with Crippen LogP contribution in [0.15, 0.2) is 66.7 Å². The molecule has 1 unspecified atom stereocenters. The van der Waals surface area contributed by atoms with Crippen LogP contribution in [0.5, 0.6) is 11.6 Å². The Labute approximate surface area is 206 Å². The Morgan fingerprint density at radius 2 is 1.86 bits per heavy atom. The van der Waals surface area contributed by atoms with E-state index in [-0.39, 0.29) is 17.7 Å². The van der Waals surface area contributed by atoms with E-state index < -0.39 is 0 Å². The third-order valence-corrected chi connectivity index (χ3v) is 6.83. The first kappa shape index (κ1) is 23.1. The summed E-state index contributed by atoms with van der Waals surface area (Å²) in [5.74, 6) is 1.73. The van der Waals surface area contributed by atoms with Crippen molar-refractivity contribution in [3.05, 3.63) is 89.1 Å².